The zero-order chi connectivity index (χ0) is 15.5. The number of thiophene rings is 1. The number of carbonyl (C=O) groups excluding carboxylic acids is 1. The van der Waals surface area contributed by atoms with Crippen molar-refractivity contribution >= 4 is 28.0 Å². The molecule has 1 aliphatic rings. The summed E-state index contributed by atoms with van der Waals surface area (Å²) in [5, 5.41) is 4.76. The van der Waals surface area contributed by atoms with Gasteiger partial charge in [-0.2, -0.15) is 5.10 Å². The molecule has 1 amide bonds. The van der Waals surface area contributed by atoms with Crippen molar-refractivity contribution < 1.29 is 4.79 Å². The number of pyridine rings is 1. The smallest absolute Gasteiger partial charge is 0.274 e. The van der Waals surface area contributed by atoms with Crippen molar-refractivity contribution in [1.82, 2.24) is 10.4 Å². The summed E-state index contributed by atoms with van der Waals surface area (Å²) in [6.07, 6.45) is 7.65. The number of aromatic nitrogens is 1. The van der Waals surface area contributed by atoms with E-state index >= 15 is 0 Å². The number of amides is 1. The van der Waals surface area contributed by atoms with Gasteiger partial charge in [-0.15, -0.1) is 11.3 Å². The van der Waals surface area contributed by atoms with Gasteiger partial charge < -0.3 is 5.73 Å². The van der Waals surface area contributed by atoms with Crippen LogP contribution in [-0.4, -0.2) is 16.6 Å². The maximum atomic E-state index is 12.4. The molecular formula is C16H18N4OS. The van der Waals surface area contributed by atoms with Crippen LogP contribution in [0.3, 0.4) is 0 Å². The molecule has 0 aliphatic heterocycles. The predicted octanol–water partition coefficient (Wildman–Crippen LogP) is 2.76. The van der Waals surface area contributed by atoms with E-state index in [0.29, 0.717) is 16.3 Å². The third-order valence-electron chi connectivity index (χ3n) is 3.83. The number of hydrogen-bond donors (Lipinski definition) is 2. The second-order valence-electron chi connectivity index (χ2n) is 5.33. The molecule has 0 radical (unpaired) electrons. The Bertz CT molecular complexity index is 721. The summed E-state index contributed by atoms with van der Waals surface area (Å²) in [6.45, 7) is 1.84. The fourth-order valence-electron chi connectivity index (χ4n) is 2.67. The van der Waals surface area contributed by atoms with Gasteiger partial charge in [-0.25, -0.2) is 5.43 Å². The van der Waals surface area contributed by atoms with E-state index in [0.717, 1.165) is 30.4 Å². The molecule has 5 nitrogen and oxygen atoms in total. The third kappa shape index (κ3) is 2.87. The largest absolute Gasteiger partial charge is 0.390 e. The second kappa shape index (κ2) is 6.27. The zero-order valence-corrected chi connectivity index (χ0v) is 13.2. The number of anilines is 1. The third-order valence-corrected chi connectivity index (χ3v) is 4.95. The summed E-state index contributed by atoms with van der Waals surface area (Å²) < 4.78 is 0. The molecule has 2 aromatic rings. The summed E-state index contributed by atoms with van der Waals surface area (Å²) in [7, 11) is 0. The van der Waals surface area contributed by atoms with Crippen LogP contribution in [0.1, 0.15) is 46.1 Å². The van der Waals surface area contributed by atoms with Crippen LogP contribution < -0.4 is 11.2 Å². The SMILES string of the molecule is CC(=NNC(=O)c1c(N)sc2c1CCCC2)c1cccnc1. The topological polar surface area (TPSA) is 80.4 Å². The number of carbonyl (C=O) groups is 1. The highest BCUT2D eigenvalue weighted by Gasteiger charge is 2.23. The summed E-state index contributed by atoms with van der Waals surface area (Å²) in [4.78, 5) is 17.7. The molecule has 22 heavy (non-hydrogen) atoms. The van der Waals surface area contributed by atoms with E-state index in [9.17, 15) is 4.79 Å². The molecule has 0 unspecified atom stereocenters. The molecule has 0 atom stereocenters. The van der Waals surface area contributed by atoms with Crippen LogP contribution in [0, 0.1) is 0 Å². The Kier molecular flexibility index (Phi) is 4.20. The summed E-state index contributed by atoms with van der Waals surface area (Å²) in [5.41, 5.74) is 12.0. The molecule has 0 spiro atoms. The number of nitrogens with zero attached hydrogens (tertiary/aromatic N) is 2. The Hall–Kier alpha value is -2.21. The number of nitrogens with one attached hydrogen (secondary N) is 1. The van der Waals surface area contributed by atoms with Gasteiger partial charge in [0.25, 0.3) is 5.91 Å². The molecular weight excluding hydrogens is 296 g/mol. The lowest BCUT2D eigenvalue weighted by Gasteiger charge is -2.12. The lowest BCUT2D eigenvalue weighted by molar-refractivity contribution is 0.0955. The predicted molar refractivity (Wildman–Crippen MR) is 89.3 cm³/mol. The highest BCUT2D eigenvalue weighted by molar-refractivity contribution is 7.16. The maximum Gasteiger partial charge on any atom is 0.274 e. The van der Waals surface area contributed by atoms with Crippen LogP contribution in [-0.2, 0) is 12.8 Å². The molecule has 0 saturated heterocycles. The van der Waals surface area contributed by atoms with Gasteiger partial charge in [0, 0.05) is 22.8 Å². The molecule has 3 rings (SSSR count). The maximum absolute atomic E-state index is 12.4. The molecule has 0 aromatic carbocycles. The molecule has 0 saturated carbocycles. The molecule has 114 valence electrons. The lowest BCUT2D eigenvalue weighted by atomic mass is 9.95. The van der Waals surface area contributed by atoms with Gasteiger partial charge in [-0.1, -0.05) is 6.07 Å². The Morgan fingerprint density at radius 2 is 2.23 bits per heavy atom. The Labute approximate surface area is 133 Å². The fraction of sp³-hybridized carbons (Fsp3) is 0.312. The minimum Gasteiger partial charge on any atom is -0.390 e. The van der Waals surface area contributed by atoms with Gasteiger partial charge in [-0.3, -0.25) is 9.78 Å². The molecule has 0 fully saturated rings. The average molecular weight is 314 g/mol. The van der Waals surface area contributed by atoms with Crippen LogP contribution >= 0.6 is 11.3 Å². The highest BCUT2D eigenvalue weighted by atomic mass is 32.1. The molecule has 1 aliphatic carbocycles. The summed E-state index contributed by atoms with van der Waals surface area (Å²) in [5.74, 6) is -0.222. The Balaban J connectivity index is 1.79. The molecule has 2 aromatic heterocycles. The number of aryl methyl sites for hydroxylation is 1. The van der Waals surface area contributed by atoms with E-state index in [1.807, 2.05) is 19.1 Å². The second-order valence-corrected chi connectivity index (χ2v) is 6.47. The minimum atomic E-state index is -0.222. The van der Waals surface area contributed by atoms with E-state index in [2.05, 4.69) is 15.5 Å². The van der Waals surface area contributed by atoms with Crippen molar-refractivity contribution in [3.05, 3.63) is 46.1 Å². The van der Waals surface area contributed by atoms with E-state index in [1.54, 1.807) is 12.4 Å². The van der Waals surface area contributed by atoms with Crippen LogP contribution in [0.4, 0.5) is 5.00 Å². The Morgan fingerprint density at radius 3 is 3.00 bits per heavy atom. The van der Waals surface area contributed by atoms with Crippen molar-refractivity contribution in [2.75, 3.05) is 5.73 Å². The first-order valence-corrected chi connectivity index (χ1v) is 8.13. The van der Waals surface area contributed by atoms with Gasteiger partial charge in [0.05, 0.1) is 16.3 Å². The zero-order valence-electron chi connectivity index (χ0n) is 12.4. The fourth-order valence-corrected chi connectivity index (χ4v) is 3.83. The van der Waals surface area contributed by atoms with Gasteiger partial charge in [0.1, 0.15) is 0 Å². The van der Waals surface area contributed by atoms with Gasteiger partial charge in [-0.05, 0) is 44.2 Å². The van der Waals surface area contributed by atoms with Gasteiger partial charge >= 0.3 is 0 Å². The summed E-state index contributed by atoms with van der Waals surface area (Å²) >= 11 is 1.53. The lowest BCUT2D eigenvalue weighted by Crippen LogP contribution is -2.21. The van der Waals surface area contributed by atoms with Crippen LogP contribution in [0.2, 0.25) is 0 Å². The number of nitrogen functional groups attached to an aromatic ring is 1. The Morgan fingerprint density at radius 1 is 1.41 bits per heavy atom. The standard InChI is InChI=1S/C16H18N4OS/c1-10(11-5-4-8-18-9-11)19-20-16(21)14-12-6-2-3-7-13(12)22-15(14)17/h4-5,8-9H,2-3,6-7,17H2,1H3,(H,20,21). The van der Waals surface area contributed by atoms with Crippen LogP contribution in [0.5, 0.6) is 0 Å². The van der Waals surface area contributed by atoms with Crippen LogP contribution in [0.25, 0.3) is 0 Å². The first kappa shape index (κ1) is 14.7. The first-order valence-electron chi connectivity index (χ1n) is 7.32. The summed E-state index contributed by atoms with van der Waals surface area (Å²) in [6, 6.07) is 3.74. The van der Waals surface area contributed by atoms with Gasteiger partial charge in [0.15, 0.2) is 0 Å². The van der Waals surface area contributed by atoms with E-state index < -0.39 is 0 Å². The quantitative estimate of drug-likeness (QED) is 0.675. The number of nitrogens with two attached hydrogens (primary N) is 1. The minimum absolute atomic E-state index is 0.222. The van der Waals surface area contributed by atoms with Gasteiger partial charge in [0.2, 0.25) is 0 Å². The van der Waals surface area contributed by atoms with E-state index in [4.69, 9.17) is 5.73 Å². The average Bonchev–Trinajstić information content (AvgIpc) is 2.89. The van der Waals surface area contributed by atoms with Crippen molar-refractivity contribution in [3.8, 4) is 0 Å². The van der Waals surface area contributed by atoms with Crippen molar-refractivity contribution in [1.29, 1.82) is 0 Å². The molecule has 3 N–H and O–H groups in total. The number of hydrazone groups is 1. The van der Waals surface area contributed by atoms with Crippen molar-refractivity contribution in [3.63, 3.8) is 0 Å². The molecule has 0 bridgehead atoms. The molecule has 6 heteroatoms. The van der Waals surface area contributed by atoms with E-state index in [-0.39, 0.29) is 5.91 Å². The first-order chi connectivity index (χ1) is 10.7. The van der Waals surface area contributed by atoms with Crippen LogP contribution in [0.15, 0.2) is 29.6 Å². The normalized spacial score (nSPS) is 14.5. The number of hydrogen-bond acceptors (Lipinski definition) is 5. The number of fused-ring (bicyclic) bond motifs is 1. The van der Waals surface area contributed by atoms with Crippen molar-refractivity contribution in [2.24, 2.45) is 5.10 Å². The van der Waals surface area contributed by atoms with E-state index in [1.165, 1.54) is 22.6 Å². The van der Waals surface area contributed by atoms with Crippen molar-refractivity contribution in [2.45, 2.75) is 32.6 Å². The molecule has 2 heterocycles. The highest BCUT2D eigenvalue weighted by Crippen LogP contribution is 2.36. The number of rotatable bonds is 3. The monoisotopic (exact) mass is 314 g/mol.